The number of thiazole rings is 1. The van der Waals surface area contributed by atoms with Gasteiger partial charge in [-0.05, 0) is 31.2 Å². The average Bonchev–Trinajstić information content (AvgIpc) is 3.03. The van der Waals surface area contributed by atoms with E-state index in [9.17, 15) is 14.7 Å². The lowest BCUT2D eigenvalue weighted by Gasteiger charge is -2.04. The Morgan fingerprint density at radius 2 is 1.78 bits per heavy atom. The first kappa shape index (κ1) is 18.6. The fraction of sp³-hybridized carbons (Fsp3) is 0.150. The molecule has 0 radical (unpaired) electrons. The number of carbonyl (C=O) groups excluding carboxylic acids is 1. The van der Waals surface area contributed by atoms with Crippen molar-refractivity contribution in [2.45, 2.75) is 13.3 Å². The molecule has 3 aromatic rings. The Balaban J connectivity index is 1.88. The number of ether oxygens (including phenoxy) is 1. The lowest BCUT2D eigenvalue weighted by atomic mass is 10.1. The lowest BCUT2D eigenvalue weighted by Crippen LogP contribution is -2.00. The van der Waals surface area contributed by atoms with Gasteiger partial charge in [0.25, 0.3) is 0 Å². The SMILES string of the molecule is COC(=O)c1ccc(Nc2nc(-c3ccc(C)cc3)c(CC(=O)O)s2)cc1. The first-order valence-corrected chi connectivity index (χ1v) is 9.02. The summed E-state index contributed by atoms with van der Waals surface area (Å²) >= 11 is 1.30. The van der Waals surface area contributed by atoms with Crippen LogP contribution in [0.25, 0.3) is 11.3 Å². The number of hydrogen-bond donors (Lipinski definition) is 2. The Hall–Kier alpha value is -3.19. The third-order valence-corrected chi connectivity index (χ3v) is 4.86. The molecule has 3 rings (SSSR count). The number of aryl methyl sites for hydroxylation is 1. The maximum atomic E-state index is 11.5. The van der Waals surface area contributed by atoms with E-state index in [0.29, 0.717) is 21.3 Å². The molecule has 1 heterocycles. The zero-order valence-corrected chi connectivity index (χ0v) is 15.7. The normalized spacial score (nSPS) is 10.4. The standard InChI is InChI=1S/C20H18N2O4S/c1-12-3-5-13(6-4-12)18-16(11-17(23)24)27-20(22-18)21-15-9-7-14(8-10-15)19(25)26-2/h3-10H,11H2,1-2H3,(H,21,22)(H,23,24). The predicted octanol–water partition coefficient (Wildman–Crippen LogP) is 4.28. The number of aromatic nitrogens is 1. The van der Waals surface area contributed by atoms with Crippen LogP contribution in [0.3, 0.4) is 0 Å². The van der Waals surface area contributed by atoms with Crippen LogP contribution in [0, 0.1) is 6.92 Å². The highest BCUT2D eigenvalue weighted by Crippen LogP contribution is 2.33. The van der Waals surface area contributed by atoms with Crippen molar-refractivity contribution in [1.29, 1.82) is 0 Å². The zero-order valence-electron chi connectivity index (χ0n) is 14.9. The van der Waals surface area contributed by atoms with Crippen molar-refractivity contribution < 1.29 is 19.4 Å². The molecule has 1 aromatic heterocycles. The highest BCUT2D eigenvalue weighted by atomic mass is 32.1. The maximum absolute atomic E-state index is 11.5. The molecular weight excluding hydrogens is 364 g/mol. The topological polar surface area (TPSA) is 88.5 Å². The minimum atomic E-state index is -0.902. The van der Waals surface area contributed by atoms with Gasteiger partial charge >= 0.3 is 11.9 Å². The van der Waals surface area contributed by atoms with Crippen LogP contribution in [-0.4, -0.2) is 29.1 Å². The van der Waals surface area contributed by atoms with Gasteiger partial charge in [-0.1, -0.05) is 29.8 Å². The van der Waals surface area contributed by atoms with Gasteiger partial charge in [-0.15, -0.1) is 11.3 Å². The molecule has 7 heteroatoms. The summed E-state index contributed by atoms with van der Waals surface area (Å²) in [5.41, 5.74) is 3.86. The molecular formula is C20H18N2O4S. The Bertz CT molecular complexity index is 963. The van der Waals surface area contributed by atoms with Gasteiger partial charge in [-0.2, -0.15) is 0 Å². The molecule has 0 aliphatic carbocycles. The fourth-order valence-corrected chi connectivity index (χ4v) is 3.53. The number of carboxylic acids is 1. The summed E-state index contributed by atoms with van der Waals surface area (Å²) < 4.78 is 4.68. The number of carbonyl (C=O) groups is 2. The monoisotopic (exact) mass is 382 g/mol. The maximum Gasteiger partial charge on any atom is 0.337 e. The summed E-state index contributed by atoms with van der Waals surface area (Å²) in [6.45, 7) is 1.99. The molecule has 0 aliphatic heterocycles. The predicted molar refractivity (Wildman–Crippen MR) is 105 cm³/mol. The largest absolute Gasteiger partial charge is 0.481 e. The van der Waals surface area contributed by atoms with E-state index in [1.54, 1.807) is 24.3 Å². The number of carboxylic acid groups (broad SMARTS) is 1. The molecule has 0 unspecified atom stereocenters. The number of benzene rings is 2. The molecule has 0 atom stereocenters. The molecule has 27 heavy (non-hydrogen) atoms. The number of methoxy groups -OCH3 is 1. The van der Waals surface area contributed by atoms with Crippen LogP contribution in [-0.2, 0) is 16.0 Å². The molecule has 6 nitrogen and oxygen atoms in total. The summed E-state index contributed by atoms with van der Waals surface area (Å²) in [6, 6.07) is 14.6. The van der Waals surface area contributed by atoms with Gasteiger partial charge in [0.15, 0.2) is 5.13 Å². The van der Waals surface area contributed by atoms with E-state index in [-0.39, 0.29) is 6.42 Å². The van der Waals surface area contributed by atoms with Gasteiger partial charge in [0.2, 0.25) is 0 Å². The smallest absolute Gasteiger partial charge is 0.337 e. The molecule has 0 amide bonds. The summed E-state index contributed by atoms with van der Waals surface area (Å²) in [6.07, 6.45) is -0.0934. The summed E-state index contributed by atoms with van der Waals surface area (Å²) in [7, 11) is 1.33. The van der Waals surface area contributed by atoms with Gasteiger partial charge in [-0.3, -0.25) is 4.79 Å². The van der Waals surface area contributed by atoms with Crippen LogP contribution in [0.4, 0.5) is 10.8 Å². The first-order valence-electron chi connectivity index (χ1n) is 8.20. The molecule has 0 spiro atoms. The lowest BCUT2D eigenvalue weighted by molar-refractivity contribution is -0.136. The van der Waals surface area contributed by atoms with Crippen molar-refractivity contribution in [3.05, 3.63) is 64.5 Å². The van der Waals surface area contributed by atoms with E-state index in [1.165, 1.54) is 18.4 Å². The number of hydrogen-bond acceptors (Lipinski definition) is 6. The second-order valence-corrected chi connectivity index (χ2v) is 7.00. The van der Waals surface area contributed by atoms with E-state index in [2.05, 4.69) is 15.0 Å². The molecule has 2 aromatic carbocycles. The number of nitrogens with zero attached hydrogens (tertiary/aromatic N) is 1. The van der Waals surface area contributed by atoms with Gasteiger partial charge in [0.05, 0.1) is 24.8 Å². The third-order valence-electron chi connectivity index (χ3n) is 3.89. The van der Waals surface area contributed by atoms with Crippen LogP contribution in [0.2, 0.25) is 0 Å². The molecule has 0 bridgehead atoms. The molecule has 0 fully saturated rings. The minimum Gasteiger partial charge on any atom is -0.481 e. The van der Waals surface area contributed by atoms with Crippen molar-refractivity contribution in [2.75, 3.05) is 12.4 Å². The summed E-state index contributed by atoms with van der Waals surface area (Å²) in [4.78, 5) is 28.0. The van der Waals surface area contributed by atoms with E-state index in [1.807, 2.05) is 31.2 Å². The molecule has 0 aliphatic rings. The number of aliphatic carboxylic acids is 1. The van der Waals surface area contributed by atoms with Crippen molar-refractivity contribution in [3.8, 4) is 11.3 Å². The molecule has 0 saturated heterocycles. The Kier molecular flexibility index (Phi) is 5.52. The molecule has 2 N–H and O–H groups in total. The second-order valence-electron chi connectivity index (χ2n) is 5.92. The Morgan fingerprint density at radius 3 is 2.37 bits per heavy atom. The highest BCUT2D eigenvalue weighted by Gasteiger charge is 2.16. The summed E-state index contributed by atoms with van der Waals surface area (Å²) in [5.74, 6) is -1.30. The van der Waals surface area contributed by atoms with Gasteiger partial charge in [-0.25, -0.2) is 9.78 Å². The second kappa shape index (κ2) is 8.01. The third kappa shape index (κ3) is 4.51. The van der Waals surface area contributed by atoms with Crippen molar-refractivity contribution in [3.63, 3.8) is 0 Å². The molecule has 0 saturated carbocycles. The van der Waals surface area contributed by atoms with Gasteiger partial charge < -0.3 is 15.2 Å². The molecule has 138 valence electrons. The van der Waals surface area contributed by atoms with Crippen molar-refractivity contribution in [1.82, 2.24) is 4.98 Å². The van der Waals surface area contributed by atoms with Crippen LogP contribution < -0.4 is 5.32 Å². The highest BCUT2D eigenvalue weighted by molar-refractivity contribution is 7.16. The van der Waals surface area contributed by atoms with E-state index in [0.717, 1.165) is 16.8 Å². The number of nitrogens with one attached hydrogen (secondary N) is 1. The van der Waals surface area contributed by atoms with E-state index >= 15 is 0 Å². The van der Waals surface area contributed by atoms with Crippen LogP contribution in [0.1, 0.15) is 20.8 Å². The Labute approximate surface area is 160 Å². The van der Waals surface area contributed by atoms with Crippen LogP contribution in [0.5, 0.6) is 0 Å². The first-order chi connectivity index (χ1) is 13.0. The summed E-state index contributed by atoms with van der Waals surface area (Å²) in [5, 5.41) is 13.0. The van der Waals surface area contributed by atoms with Crippen molar-refractivity contribution in [2.24, 2.45) is 0 Å². The van der Waals surface area contributed by atoms with Crippen LogP contribution in [0.15, 0.2) is 48.5 Å². The zero-order chi connectivity index (χ0) is 19.4. The van der Waals surface area contributed by atoms with Crippen molar-refractivity contribution >= 4 is 34.1 Å². The fourth-order valence-electron chi connectivity index (χ4n) is 2.53. The number of esters is 1. The van der Waals surface area contributed by atoms with E-state index < -0.39 is 11.9 Å². The van der Waals surface area contributed by atoms with E-state index in [4.69, 9.17) is 0 Å². The average molecular weight is 382 g/mol. The van der Waals surface area contributed by atoms with Crippen LogP contribution >= 0.6 is 11.3 Å². The quantitative estimate of drug-likeness (QED) is 0.619. The van der Waals surface area contributed by atoms with Gasteiger partial charge in [0, 0.05) is 16.1 Å². The number of anilines is 2. The minimum absolute atomic E-state index is 0.0934. The Morgan fingerprint density at radius 1 is 1.11 bits per heavy atom. The van der Waals surface area contributed by atoms with Gasteiger partial charge in [0.1, 0.15) is 0 Å². The number of rotatable bonds is 6.